The second-order valence-corrected chi connectivity index (χ2v) is 15.1. The second-order valence-electron chi connectivity index (χ2n) is 15.1. The van der Waals surface area contributed by atoms with Gasteiger partial charge in [-0.25, -0.2) is 29.9 Å². The van der Waals surface area contributed by atoms with Gasteiger partial charge in [0.1, 0.15) is 0 Å². The number of nitrogens with zero attached hydrogens (tertiary/aromatic N) is 6. The number of rotatable bonds is 8. The Bertz CT molecular complexity index is 3310. The van der Waals surface area contributed by atoms with Crippen LogP contribution in [0.3, 0.4) is 0 Å². The van der Waals surface area contributed by atoms with Crippen LogP contribution in [0.25, 0.3) is 112 Å². The summed E-state index contributed by atoms with van der Waals surface area (Å²) < 4.78 is 0. The molecule has 2 aromatic heterocycles. The van der Waals surface area contributed by atoms with Crippen LogP contribution >= 0.6 is 0 Å². The Morgan fingerprint density at radius 1 is 0.194 bits per heavy atom. The number of fused-ring (bicyclic) bond motifs is 2. The summed E-state index contributed by atoms with van der Waals surface area (Å²) in [5.41, 5.74) is 10.2. The summed E-state index contributed by atoms with van der Waals surface area (Å²) in [6, 6.07) is 75.0. The van der Waals surface area contributed by atoms with Gasteiger partial charge >= 0.3 is 0 Å². The maximum atomic E-state index is 5.05. The first kappa shape index (κ1) is 36.6. The monoisotopic (exact) mass is 792 g/mol. The van der Waals surface area contributed by atoms with Crippen LogP contribution in [-0.4, -0.2) is 29.9 Å². The lowest BCUT2D eigenvalue weighted by Gasteiger charge is -2.12. The van der Waals surface area contributed by atoms with Crippen LogP contribution in [0.1, 0.15) is 0 Å². The van der Waals surface area contributed by atoms with Gasteiger partial charge in [-0.15, -0.1) is 0 Å². The van der Waals surface area contributed by atoms with E-state index in [4.69, 9.17) is 29.9 Å². The molecule has 9 aromatic carbocycles. The Morgan fingerprint density at radius 3 is 1.08 bits per heavy atom. The molecule has 0 radical (unpaired) electrons. The Kier molecular flexibility index (Phi) is 9.41. The second kappa shape index (κ2) is 15.9. The molecule has 11 aromatic rings. The first-order valence-electron chi connectivity index (χ1n) is 20.6. The minimum Gasteiger partial charge on any atom is -0.208 e. The molecule has 290 valence electrons. The molecule has 0 amide bonds. The predicted molar refractivity (Wildman–Crippen MR) is 252 cm³/mol. The third-order valence-electron chi connectivity index (χ3n) is 11.2. The number of aromatic nitrogens is 6. The molecule has 62 heavy (non-hydrogen) atoms. The summed E-state index contributed by atoms with van der Waals surface area (Å²) in [7, 11) is 0. The van der Waals surface area contributed by atoms with Crippen molar-refractivity contribution in [2.45, 2.75) is 0 Å². The number of hydrogen-bond donors (Lipinski definition) is 0. The minimum atomic E-state index is 0.631. The molecule has 6 nitrogen and oxygen atoms in total. The molecular weight excluding hydrogens is 757 g/mol. The Hall–Kier alpha value is -8.48. The summed E-state index contributed by atoms with van der Waals surface area (Å²) in [6.45, 7) is 0. The summed E-state index contributed by atoms with van der Waals surface area (Å²) in [5.74, 6) is 3.85. The van der Waals surface area contributed by atoms with Gasteiger partial charge in [-0.2, -0.15) is 0 Å². The first-order chi connectivity index (χ1) is 30.7. The van der Waals surface area contributed by atoms with Crippen molar-refractivity contribution in [3.05, 3.63) is 218 Å². The standard InChI is InChI=1S/C56H36N6/c1-4-15-40(16-5-1)51-57-52(41-17-6-2-7-18-41)59-54(58-51)44-32-28-39(29-33-44)47-24-13-22-46-36-45(34-35-49(46)47)37-26-30-43(31-27-37)55-60-53(42-19-8-3-9-20-42)61-56(62-55)50-25-12-21-38-14-10-11-23-48(38)50/h1-36H. The average molecular weight is 793 g/mol. The van der Waals surface area contributed by atoms with Crippen LogP contribution in [-0.2, 0) is 0 Å². The van der Waals surface area contributed by atoms with Crippen molar-refractivity contribution in [1.82, 2.24) is 29.9 Å². The van der Waals surface area contributed by atoms with E-state index in [1.807, 2.05) is 91.0 Å². The van der Waals surface area contributed by atoms with E-state index in [9.17, 15) is 0 Å². The van der Waals surface area contributed by atoms with Crippen LogP contribution in [0.15, 0.2) is 218 Å². The molecule has 0 saturated carbocycles. The van der Waals surface area contributed by atoms with Gasteiger partial charge in [0.15, 0.2) is 34.9 Å². The third-order valence-corrected chi connectivity index (χ3v) is 11.2. The molecule has 0 spiro atoms. The van der Waals surface area contributed by atoms with E-state index in [1.54, 1.807) is 0 Å². The molecule has 0 aliphatic rings. The molecule has 0 N–H and O–H groups in total. The molecule has 0 saturated heterocycles. The SMILES string of the molecule is c1ccc(-c2nc(-c3ccccc3)nc(-c3ccc(-c4cccc5cc(-c6ccc(-c7nc(-c8ccccc8)nc(-c8cccc9ccccc89)n7)cc6)ccc45)cc3)n2)cc1. The summed E-state index contributed by atoms with van der Waals surface area (Å²) in [6.07, 6.45) is 0. The lowest BCUT2D eigenvalue weighted by atomic mass is 9.94. The lowest BCUT2D eigenvalue weighted by molar-refractivity contribution is 1.07. The highest BCUT2D eigenvalue weighted by Gasteiger charge is 2.16. The van der Waals surface area contributed by atoms with E-state index in [2.05, 4.69) is 127 Å². The van der Waals surface area contributed by atoms with E-state index < -0.39 is 0 Å². The molecule has 0 unspecified atom stereocenters. The van der Waals surface area contributed by atoms with E-state index in [-0.39, 0.29) is 0 Å². The predicted octanol–water partition coefficient (Wildman–Crippen LogP) is 13.7. The van der Waals surface area contributed by atoms with Gasteiger partial charge < -0.3 is 0 Å². The third kappa shape index (κ3) is 7.16. The molecule has 2 heterocycles. The van der Waals surface area contributed by atoms with E-state index in [0.29, 0.717) is 34.9 Å². The fourth-order valence-corrected chi connectivity index (χ4v) is 8.03. The Morgan fingerprint density at radius 2 is 0.548 bits per heavy atom. The summed E-state index contributed by atoms with van der Waals surface area (Å²) in [5, 5.41) is 4.59. The van der Waals surface area contributed by atoms with Crippen molar-refractivity contribution in [2.75, 3.05) is 0 Å². The van der Waals surface area contributed by atoms with Gasteiger partial charge in [0.2, 0.25) is 0 Å². The quantitative estimate of drug-likeness (QED) is 0.152. The van der Waals surface area contributed by atoms with Crippen LogP contribution < -0.4 is 0 Å². The molecule has 0 bridgehead atoms. The van der Waals surface area contributed by atoms with Crippen molar-refractivity contribution in [1.29, 1.82) is 0 Å². The van der Waals surface area contributed by atoms with Gasteiger partial charge in [-0.1, -0.05) is 212 Å². The lowest BCUT2D eigenvalue weighted by Crippen LogP contribution is -2.00. The maximum absolute atomic E-state index is 5.05. The molecule has 0 aliphatic carbocycles. The zero-order valence-electron chi connectivity index (χ0n) is 33.5. The average Bonchev–Trinajstić information content (AvgIpc) is 3.36. The summed E-state index contributed by atoms with van der Waals surface area (Å²) in [4.78, 5) is 29.7. The normalized spacial score (nSPS) is 11.2. The zero-order valence-corrected chi connectivity index (χ0v) is 33.5. The van der Waals surface area contributed by atoms with Gasteiger partial charge in [-0.3, -0.25) is 0 Å². The van der Waals surface area contributed by atoms with Crippen LogP contribution in [0.5, 0.6) is 0 Å². The first-order valence-corrected chi connectivity index (χ1v) is 20.6. The highest BCUT2D eigenvalue weighted by atomic mass is 15.0. The van der Waals surface area contributed by atoms with E-state index >= 15 is 0 Å². The van der Waals surface area contributed by atoms with E-state index in [0.717, 1.165) is 71.8 Å². The van der Waals surface area contributed by atoms with Crippen molar-refractivity contribution in [3.8, 4) is 90.6 Å². The zero-order chi connectivity index (χ0) is 41.2. The number of benzene rings is 9. The fraction of sp³-hybridized carbons (Fsp3) is 0. The van der Waals surface area contributed by atoms with Crippen molar-refractivity contribution in [3.63, 3.8) is 0 Å². The highest BCUT2D eigenvalue weighted by molar-refractivity contribution is 5.99. The topological polar surface area (TPSA) is 77.3 Å². The smallest absolute Gasteiger partial charge is 0.164 e. The molecule has 0 atom stereocenters. The van der Waals surface area contributed by atoms with Gasteiger partial charge in [0.05, 0.1) is 0 Å². The van der Waals surface area contributed by atoms with Crippen LogP contribution in [0, 0.1) is 0 Å². The largest absolute Gasteiger partial charge is 0.208 e. The van der Waals surface area contributed by atoms with Crippen molar-refractivity contribution >= 4 is 21.5 Å². The Balaban J connectivity index is 0.901. The van der Waals surface area contributed by atoms with Crippen molar-refractivity contribution in [2.24, 2.45) is 0 Å². The highest BCUT2D eigenvalue weighted by Crippen LogP contribution is 2.35. The van der Waals surface area contributed by atoms with Crippen LogP contribution in [0.2, 0.25) is 0 Å². The van der Waals surface area contributed by atoms with Crippen LogP contribution in [0.4, 0.5) is 0 Å². The maximum Gasteiger partial charge on any atom is 0.164 e. The minimum absolute atomic E-state index is 0.631. The fourth-order valence-electron chi connectivity index (χ4n) is 8.03. The summed E-state index contributed by atoms with van der Waals surface area (Å²) >= 11 is 0. The van der Waals surface area contributed by atoms with E-state index in [1.165, 1.54) is 5.39 Å². The molecular formula is C56H36N6. The molecule has 6 heteroatoms. The van der Waals surface area contributed by atoms with Gasteiger partial charge in [-0.05, 0) is 49.9 Å². The molecule has 0 fully saturated rings. The molecule has 0 aliphatic heterocycles. The molecule has 11 rings (SSSR count). The Labute approximate surface area is 359 Å². The van der Waals surface area contributed by atoms with Gasteiger partial charge in [0, 0.05) is 33.4 Å². The number of hydrogen-bond acceptors (Lipinski definition) is 6. The van der Waals surface area contributed by atoms with Gasteiger partial charge in [0.25, 0.3) is 0 Å². The van der Waals surface area contributed by atoms with Crippen molar-refractivity contribution < 1.29 is 0 Å².